The molecule has 0 bridgehead atoms. The Morgan fingerprint density at radius 3 is 2.85 bits per heavy atom. The fourth-order valence-electron chi connectivity index (χ4n) is 1.14. The Morgan fingerprint density at radius 1 is 1.69 bits per heavy atom. The third-order valence-corrected chi connectivity index (χ3v) is 1.85. The normalized spacial score (nSPS) is 17.2. The van der Waals surface area contributed by atoms with Crippen molar-refractivity contribution in [3.05, 3.63) is 5.82 Å². The van der Waals surface area contributed by atoms with Gasteiger partial charge in [0.15, 0.2) is 0 Å². The van der Waals surface area contributed by atoms with Crippen LogP contribution >= 0.6 is 0 Å². The summed E-state index contributed by atoms with van der Waals surface area (Å²) >= 11 is 0. The molecule has 7 nitrogen and oxygen atoms in total. The maximum Gasteiger partial charge on any atom is 0.291 e. The van der Waals surface area contributed by atoms with Crippen molar-refractivity contribution in [3.63, 3.8) is 0 Å². The molecule has 70 valence electrons. The first-order valence-electron chi connectivity index (χ1n) is 3.82. The number of aliphatic hydroxyl groups excluding tert-OH is 1. The maximum absolute atomic E-state index is 11.4. The highest BCUT2D eigenvalue weighted by molar-refractivity contribution is 5.91. The van der Waals surface area contributed by atoms with Gasteiger partial charge in [-0.25, -0.2) is 0 Å². The number of carbonyl (C=O) groups excluding carboxylic acids is 1. The molecule has 1 fully saturated rings. The summed E-state index contributed by atoms with van der Waals surface area (Å²) in [6.45, 7) is 0.693. The highest BCUT2D eigenvalue weighted by Gasteiger charge is 2.31. The zero-order valence-corrected chi connectivity index (χ0v) is 6.77. The van der Waals surface area contributed by atoms with Crippen LogP contribution in [0.1, 0.15) is 10.6 Å². The van der Waals surface area contributed by atoms with Gasteiger partial charge in [-0.1, -0.05) is 0 Å². The number of nitrogen functional groups attached to an aromatic ring is 1. The van der Waals surface area contributed by atoms with Gasteiger partial charge in [0.1, 0.15) is 0 Å². The number of nitrogens with zero attached hydrogens (tertiary/aromatic N) is 3. The summed E-state index contributed by atoms with van der Waals surface area (Å²) in [4.78, 5) is 16.6. The number of amides is 1. The third kappa shape index (κ3) is 1.33. The largest absolute Gasteiger partial charge is 0.389 e. The summed E-state index contributed by atoms with van der Waals surface area (Å²) in [5, 5.41) is 14.9. The zero-order valence-electron chi connectivity index (χ0n) is 6.77. The number of aliphatic hydroxyl groups is 1. The van der Waals surface area contributed by atoms with E-state index >= 15 is 0 Å². The van der Waals surface area contributed by atoms with E-state index in [2.05, 4.69) is 15.2 Å². The van der Waals surface area contributed by atoms with E-state index in [-0.39, 0.29) is 17.7 Å². The van der Waals surface area contributed by atoms with Gasteiger partial charge < -0.3 is 15.7 Å². The monoisotopic (exact) mass is 183 g/mol. The number of nitrogens with two attached hydrogens (primary N) is 1. The molecule has 7 heteroatoms. The van der Waals surface area contributed by atoms with Crippen LogP contribution in [0, 0.1) is 0 Å². The molecular weight excluding hydrogens is 174 g/mol. The van der Waals surface area contributed by atoms with Crippen LogP contribution in [0.3, 0.4) is 0 Å². The topological polar surface area (TPSA) is 108 Å². The fraction of sp³-hybridized carbons (Fsp3) is 0.500. The molecular formula is C6H9N5O2. The van der Waals surface area contributed by atoms with Crippen molar-refractivity contribution < 1.29 is 9.90 Å². The molecule has 0 unspecified atom stereocenters. The lowest BCUT2D eigenvalue weighted by molar-refractivity contribution is 0.00511. The number of carbonyl (C=O) groups is 1. The Balaban J connectivity index is 2.06. The zero-order chi connectivity index (χ0) is 9.42. The van der Waals surface area contributed by atoms with Crippen molar-refractivity contribution >= 4 is 11.9 Å². The van der Waals surface area contributed by atoms with Crippen LogP contribution in [-0.4, -0.2) is 50.3 Å². The first-order chi connectivity index (χ1) is 6.16. The van der Waals surface area contributed by atoms with E-state index in [0.29, 0.717) is 13.1 Å². The first kappa shape index (κ1) is 7.99. The van der Waals surface area contributed by atoms with E-state index in [4.69, 9.17) is 10.8 Å². The summed E-state index contributed by atoms with van der Waals surface area (Å²) < 4.78 is 0. The standard InChI is InChI=1S/C6H9N5O2/c7-6-8-4(9-10-6)5(13)11-1-3(12)2-11/h3,12H,1-2H2,(H3,7,8,9,10). The fourth-order valence-corrected chi connectivity index (χ4v) is 1.14. The molecule has 0 aliphatic carbocycles. The van der Waals surface area contributed by atoms with Crippen molar-refractivity contribution in [1.29, 1.82) is 0 Å². The maximum atomic E-state index is 11.4. The van der Waals surface area contributed by atoms with Gasteiger partial charge in [0.05, 0.1) is 6.10 Å². The van der Waals surface area contributed by atoms with Crippen LogP contribution in [0.15, 0.2) is 0 Å². The molecule has 0 saturated carbocycles. The Morgan fingerprint density at radius 2 is 2.38 bits per heavy atom. The lowest BCUT2D eigenvalue weighted by atomic mass is 10.2. The molecule has 1 amide bonds. The second kappa shape index (κ2) is 2.70. The Hall–Kier alpha value is -1.63. The molecule has 0 radical (unpaired) electrons. The molecule has 1 aliphatic rings. The highest BCUT2D eigenvalue weighted by atomic mass is 16.3. The highest BCUT2D eigenvalue weighted by Crippen LogP contribution is 2.10. The van der Waals surface area contributed by atoms with E-state index in [1.165, 1.54) is 4.90 Å². The number of β-amino-alcohol motifs (C(OH)–C–C–N with tert-alkyl or cyclic N) is 1. The number of hydrogen-bond donors (Lipinski definition) is 3. The van der Waals surface area contributed by atoms with Crippen LogP contribution in [0.4, 0.5) is 5.95 Å². The van der Waals surface area contributed by atoms with Gasteiger partial charge in [-0.15, -0.1) is 5.10 Å². The lowest BCUT2D eigenvalue weighted by Gasteiger charge is -2.34. The molecule has 2 heterocycles. The van der Waals surface area contributed by atoms with Gasteiger partial charge in [0.2, 0.25) is 11.8 Å². The van der Waals surface area contributed by atoms with Crippen molar-refractivity contribution in [1.82, 2.24) is 20.1 Å². The van der Waals surface area contributed by atoms with E-state index < -0.39 is 6.10 Å². The Kier molecular flexibility index (Phi) is 1.66. The van der Waals surface area contributed by atoms with Crippen molar-refractivity contribution in [2.45, 2.75) is 6.10 Å². The van der Waals surface area contributed by atoms with Crippen LogP contribution in [0.5, 0.6) is 0 Å². The van der Waals surface area contributed by atoms with Gasteiger partial charge in [-0.05, 0) is 0 Å². The number of anilines is 1. The van der Waals surface area contributed by atoms with E-state index in [0.717, 1.165) is 0 Å². The number of rotatable bonds is 1. The van der Waals surface area contributed by atoms with Crippen molar-refractivity contribution in [3.8, 4) is 0 Å². The van der Waals surface area contributed by atoms with Crippen molar-refractivity contribution in [2.24, 2.45) is 0 Å². The van der Waals surface area contributed by atoms with E-state index in [1.807, 2.05) is 0 Å². The molecule has 0 atom stereocenters. The minimum atomic E-state index is -0.413. The van der Waals surface area contributed by atoms with Gasteiger partial charge >= 0.3 is 0 Å². The third-order valence-electron chi connectivity index (χ3n) is 1.85. The summed E-state index contributed by atoms with van der Waals surface area (Å²) in [5.41, 5.74) is 5.23. The second-order valence-corrected chi connectivity index (χ2v) is 2.91. The summed E-state index contributed by atoms with van der Waals surface area (Å²) in [5.74, 6) is -0.122. The molecule has 4 N–H and O–H groups in total. The SMILES string of the molecule is Nc1n[nH]c(C(=O)N2CC(O)C2)n1. The Bertz CT molecular complexity index is 330. The minimum absolute atomic E-state index is 0.0458. The van der Waals surface area contributed by atoms with Gasteiger partial charge in [0, 0.05) is 13.1 Å². The number of aromatic nitrogens is 3. The predicted molar refractivity (Wildman–Crippen MR) is 42.7 cm³/mol. The molecule has 1 saturated heterocycles. The Labute approximate surface area is 73.6 Å². The number of hydrogen-bond acceptors (Lipinski definition) is 5. The number of likely N-dealkylation sites (tertiary alicyclic amines) is 1. The number of H-pyrrole nitrogens is 1. The number of aromatic amines is 1. The average Bonchev–Trinajstić information content (AvgIpc) is 2.45. The second-order valence-electron chi connectivity index (χ2n) is 2.91. The van der Waals surface area contributed by atoms with Crippen LogP contribution in [0.2, 0.25) is 0 Å². The molecule has 1 aromatic heterocycles. The van der Waals surface area contributed by atoms with Crippen LogP contribution < -0.4 is 5.73 Å². The molecule has 0 aromatic carbocycles. The van der Waals surface area contributed by atoms with Gasteiger partial charge in [-0.2, -0.15) is 4.98 Å². The molecule has 1 aliphatic heterocycles. The summed E-state index contributed by atoms with van der Waals surface area (Å²) in [6, 6.07) is 0. The van der Waals surface area contributed by atoms with Gasteiger partial charge in [-0.3, -0.25) is 9.89 Å². The number of nitrogens with one attached hydrogen (secondary N) is 1. The molecule has 13 heavy (non-hydrogen) atoms. The predicted octanol–water partition coefficient (Wildman–Crippen LogP) is -1.80. The van der Waals surface area contributed by atoms with Crippen molar-refractivity contribution in [2.75, 3.05) is 18.8 Å². The summed E-state index contributed by atoms with van der Waals surface area (Å²) in [6.07, 6.45) is -0.413. The lowest BCUT2D eigenvalue weighted by Crippen LogP contribution is -2.53. The van der Waals surface area contributed by atoms with Crippen LogP contribution in [0.25, 0.3) is 0 Å². The average molecular weight is 183 g/mol. The van der Waals surface area contributed by atoms with Crippen LogP contribution in [-0.2, 0) is 0 Å². The molecule has 0 spiro atoms. The molecule has 1 aromatic rings. The van der Waals surface area contributed by atoms with Gasteiger partial charge in [0.25, 0.3) is 5.91 Å². The first-order valence-corrected chi connectivity index (χ1v) is 3.82. The smallest absolute Gasteiger partial charge is 0.291 e. The van der Waals surface area contributed by atoms with E-state index in [9.17, 15) is 4.79 Å². The summed E-state index contributed by atoms with van der Waals surface area (Å²) in [7, 11) is 0. The van der Waals surface area contributed by atoms with E-state index in [1.54, 1.807) is 0 Å². The molecule has 2 rings (SSSR count). The quantitative estimate of drug-likeness (QED) is 0.476. The minimum Gasteiger partial charge on any atom is -0.389 e.